The highest BCUT2D eigenvalue weighted by Gasteiger charge is 2.15. The molecule has 0 heterocycles. The van der Waals surface area contributed by atoms with Gasteiger partial charge in [-0.25, -0.2) is 8.42 Å². The average Bonchev–Trinajstić information content (AvgIpc) is 2.00. The second-order valence-electron chi connectivity index (χ2n) is 3.04. The van der Waals surface area contributed by atoms with Gasteiger partial charge in [0, 0.05) is 11.1 Å². The zero-order valence-corrected chi connectivity index (χ0v) is 10.1. The summed E-state index contributed by atoms with van der Waals surface area (Å²) in [6.45, 7) is 3.92. The number of halogens is 1. The lowest BCUT2D eigenvalue weighted by molar-refractivity contribution is 0.567. The van der Waals surface area contributed by atoms with Crippen molar-refractivity contribution in [3.8, 4) is 0 Å². The molecule has 0 saturated heterocycles. The Morgan fingerprint density at radius 2 is 1.92 bits per heavy atom. The summed E-state index contributed by atoms with van der Waals surface area (Å²) in [5.74, 6) is 0.945. The van der Waals surface area contributed by atoms with Crippen molar-refractivity contribution < 1.29 is 8.42 Å². The fourth-order valence-corrected chi connectivity index (χ4v) is 3.88. The fourth-order valence-electron chi connectivity index (χ4n) is 1.02. The van der Waals surface area contributed by atoms with Crippen LogP contribution in [0.5, 0.6) is 0 Å². The summed E-state index contributed by atoms with van der Waals surface area (Å²) in [5, 5.41) is 0.784. The molecule has 0 aromatic carbocycles. The van der Waals surface area contributed by atoms with Crippen molar-refractivity contribution in [2.45, 2.75) is 26.7 Å². The third kappa shape index (κ3) is 5.14. The second-order valence-corrected chi connectivity index (χ2v) is 5.92. The molecule has 0 amide bonds. The van der Waals surface area contributed by atoms with E-state index in [0.717, 1.165) is 18.2 Å². The van der Waals surface area contributed by atoms with Gasteiger partial charge in [-0.1, -0.05) is 36.2 Å². The van der Waals surface area contributed by atoms with Gasteiger partial charge >= 0.3 is 0 Å². The Kier molecular flexibility index (Phi) is 6.19. The number of alkyl halides is 1. The third-order valence-electron chi connectivity index (χ3n) is 1.80. The van der Waals surface area contributed by atoms with Gasteiger partial charge in [0.25, 0.3) is 0 Å². The maximum atomic E-state index is 11.3. The van der Waals surface area contributed by atoms with Crippen molar-refractivity contribution in [3.05, 3.63) is 0 Å². The summed E-state index contributed by atoms with van der Waals surface area (Å²) in [5.41, 5.74) is 0. The predicted molar refractivity (Wildman–Crippen MR) is 56.5 cm³/mol. The lowest BCUT2D eigenvalue weighted by atomic mass is 10.2. The van der Waals surface area contributed by atoms with Crippen molar-refractivity contribution in [2.75, 3.05) is 16.8 Å². The first-order valence-electron chi connectivity index (χ1n) is 4.32. The second kappa shape index (κ2) is 5.97. The van der Waals surface area contributed by atoms with Crippen LogP contribution in [0.4, 0.5) is 0 Å². The third-order valence-corrected chi connectivity index (χ3v) is 4.73. The van der Waals surface area contributed by atoms with Gasteiger partial charge in [0.15, 0.2) is 9.84 Å². The molecule has 0 aliphatic heterocycles. The molecule has 0 bridgehead atoms. The first-order chi connectivity index (χ1) is 5.55. The van der Waals surface area contributed by atoms with E-state index in [1.165, 1.54) is 0 Å². The van der Waals surface area contributed by atoms with Gasteiger partial charge < -0.3 is 0 Å². The van der Waals surface area contributed by atoms with E-state index < -0.39 is 9.84 Å². The van der Waals surface area contributed by atoms with Gasteiger partial charge in [-0.3, -0.25) is 0 Å². The van der Waals surface area contributed by atoms with Crippen LogP contribution >= 0.6 is 15.9 Å². The Labute approximate surface area is 83.8 Å². The predicted octanol–water partition coefficient (Wildman–Crippen LogP) is 2.23. The van der Waals surface area contributed by atoms with Crippen LogP contribution < -0.4 is 0 Å². The number of hydrogen-bond donors (Lipinski definition) is 0. The number of rotatable bonds is 6. The highest BCUT2D eigenvalue weighted by atomic mass is 79.9. The minimum atomic E-state index is -2.79. The molecule has 0 rings (SSSR count). The van der Waals surface area contributed by atoms with Crippen LogP contribution in [0.3, 0.4) is 0 Å². The Bertz CT molecular complexity index is 195. The molecule has 0 aliphatic carbocycles. The molecule has 1 unspecified atom stereocenters. The van der Waals surface area contributed by atoms with Gasteiger partial charge in [0.05, 0.1) is 5.75 Å². The normalized spacial score (nSPS) is 14.6. The van der Waals surface area contributed by atoms with Crippen molar-refractivity contribution in [1.82, 2.24) is 0 Å². The monoisotopic (exact) mass is 256 g/mol. The minimum Gasteiger partial charge on any atom is -0.229 e. The lowest BCUT2D eigenvalue weighted by Gasteiger charge is -2.10. The molecule has 0 aromatic heterocycles. The van der Waals surface area contributed by atoms with Gasteiger partial charge in [0.2, 0.25) is 0 Å². The van der Waals surface area contributed by atoms with E-state index in [1.54, 1.807) is 0 Å². The summed E-state index contributed by atoms with van der Waals surface area (Å²) in [6.07, 6.45) is 1.65. The maximum Gasteiger partial charge on any atom is 0.150 e. The number of hydrogen-bond acceptors (Lipinski definition) is 2. The van der Waals surface area contributed by atoms with E-state index in [1.807, 2.05) is 13.8 Å². The Morgan fingerprint density at radius 1 is 1.33 bits per heavy atom. The molecule has 0 N–H and O–H groups in total. The van der Waals surface area contributed by atoms with Crippen LogP contribution in [0.2, 0.25) is 0 Å². The summed E-state index contributed by atoms with van der Waals surface area (Å²) in [4.78, 5) is 0. The molecule has 1 atom stereocenters. The molecule has 4 heteroatoms. The van der Waals surface area contributed by atoms with Crippen molar-refractivity contribution >= 4 is 25.8 Å². The smallest absolute Gasteiger partial charge is 0.150 e. The summed E-state index contributed by atoms with van der Waals surface area (Å²) >= 11 is 3.32. The quantitative estimate of drug-likeness (QED) is 0.684. The van der Waals surface area contributed by atoms with Crippen molar-refractivity contribution in [2.24, 2.45) is 5.92 Å². The zero-order chi connectivity index (χ0) is 9.61. The molecule has 0 saturated carbocycles. The Balaban J connectivity index is 4.03. The minimum absolute atomic E-state index is 0.279. The fraction of sp³-hybridized carbons (Fsp3) is 1.00. The van der Waals surface area contributed by atoms with E-state index >= 15 is 0 Å². The number of sulfone groups is 1. The average molecular weight is 257 g/mol. The van der Waals surface area contributed by atoms with Gasteiger partial charge in [-0.2, -0.15) is 0 Å². The van der Waals surface area contributed by atoms with Crippen LogP contribution in [0.1, 0.15) is 26.7 Å². The van der Waals surface area contributed by atoms with Gasteiger partial charge in [0.1, 0.15) is 0 Å². The van der Waals surface area contributed by atoms with Gasteiger partial charge in [-0.15, -0.1) is 0 Å². The maximum absolute atomic E-state index is 11.3. The summed E-state index contributed by atoms with van der Waals surface area (Å²) in [7, 11) is -2.79. The molecule has 0 radical (unpaired) electrons. The van der Waals surface area contributed by atoms with Crippen LogP contribution in [0.25, 0.3) is 0 Å². The molecule has 12 heavy (non-hydrogen) atoms. The molecule has 74 valence electrons. The van der Waals surface area contributed by atoms with Crippen LogP contribution in [0, 0.1) is 5.92 Å². The highest BCUT2D eigenvalue weighted by Crippen LogP contribution is 2.10. The van der Waals surface area contributed by atoms with E-state index in [-0.39, 0.29) is 5.92 Å². The molecule has 0 spiro atoms. The molecular formula is C8H17BrO2S. The Morgan fingerprint density at radius 3 is 2.25 bits per heavy atom. The standard InChI is InChI=1S/C8H17BrO2S/c1-3-5-12(10,11)7-8(4-2)6-9/h8H,3-7H2,1-2H3. The summed E-state index contributed by atoms with van der Waals surface area (Å²) < 4.78 is 22.7. The highest BCUT2D eigenvalue weighted by molar-refractivity contribution is 9.09. The first kappa shape index (κ1) is 12.4. The van der Waals surface area contributed by atoms with Crippen LogP contribution in [0.15, 0.2) is 0 Å². The zero-order valence-electron chi connectivity index (χ0n) is 7.72. The lowest BCUT2D eigenvalue weighted by Crippen LogP contribution is -2.19. The van der Waals surface area contributed by atoms with Crippen molar-refractivity contribution in [3.63, 3.8) is 0 Å². The molecule has 2 nitrogen and oxygen atoms in total. The van der Waals surface area contributed by atoms with Crippen LogP contribution in [-0.2, 0) is 9.84 Å². The van der Waals surface area contributed by atoms with E-state index in [4.69, 9.17) is 0 Å². The first-order valence-corrected chi connectivity index (χ1v) is 7.26. The molecule has 0 aromatic rings. The van der Waals surface area contributed by atoms with E-state index in [2.05, 4.69) is 15.9 Å². The molecule has 0 fully saturated rings. The van der Waals surface area contributed by atoms with Crippen LogP contribution in [-0.4, -0.2) is 25.3 Å². The van der Waals surface area contributed by atoms with E-state index in [0.29, 0.717) is 11.5 Å². The van der Waals surface area contributed by atoms with E-state index in [9.17, 15) is 8.42 Å². The largest absolute Gasteiger partial charge is 0.229 e. The Hall–Kier alpha value is 0.430. The molecular weight excluding hydrogens is 240 g/mol. The topological polar surface area (TPSA) is 34.1 Å². The van der Waals surface area contributed by atoms with Crippen molar-refractivity contribution in [1.29, 1.82) is 0 Å². The van der Waals surface area contributed by atoms with Gasteiger partial charge in [-0.05, 0) is 12.3 Å². The molecule has 0 aliphatic rings. The summed E-state index contributed by atoms with van der Waals surface area (Å²) in [6, 6.07) is 0. The SMILES string of the molecule is CCCS(=O)(=O)CC(CC)CBr.